The Balaban J connectivity index is 0.000000616. The first kappa shape index (κ1) is 32.6. The van der Waals surface area contributed by atoms with Crippen molar-refractivity contribution >= 4 is 44.9 Å². The number of hydrogen-bond donors (Lipinski definition) is 4. The van der Waals surface area contributed by atoms with Gasteiger partial charge in [-0.25, -0.2) is 13.2 Å². The van der Waals surface area contributed by atoms with E-state index in [1.807, 2.05) is 0 Å². The predicted octanol–water partition coefficient (Wildman–Crippen LogP) is 2.27. The molecular weight excluding hydrogens is 583 g/mol. The molecule has 2 heterocycles. The smallest absolute Gasteiger partial charge is 0.475 e. The van der Waals surface area contributed by atoms with Crippen LogP contribution in [0.2, 0.25) is 0 Å². The number of hydrogen-bond acceptors (Lipinski definition) is 8. The first-order valence-corrected chi connectivity index (χ1v) is 14.4. The van der Waals surface area contributed by atoms with Crippen LogP contribution in [0.5, 0.6) is 0 Å². The molecule has 0 radical (unpaired) electrons. The van der Waals surface area contributed by atoms with Gasteiger partial charge in [0.05, 0.1) is 30.3 Å². The SMILES string of the molecule is CC(=O)Nc1ccc(C)cc1S(=O)(=O)Nc1cc(C(=O)N2CCOCC2)ccc1N1CCNCC1.O=C(O)C(F)(F)F. The number of anilines is 3. The average molecular weight is 616 g/mol. The number of rotatable bonds is 6. The fraction of sp³-hybridized carbons (Fsp3) is 0.423. The molecule has 42 heavy (non-hydrogen) atoms. The van der Waals surface area contributed by atoms with Gasteiger partial charge >= 0.3 is 12.1 Å². The van der Waals surface area contributed by atoms with E-state index in [1.165, 1.54) is 13.0 Å². The molecular formula is C26H32F3N5O7S. The van der Waals surface area contributed by atoms with Crippen molar-refractivity contribution in [1.29, 1.82) is 0 Å². The molecule has 0 bridgehead atoms. The highest BCUT2D eigenvalue weighted by molar-refractivity contribution is 7.93. The molecule has 2 aromatic carbocycles. The van der Waals surface area contributed by atoms with E-state index in [1.54, 1.807) is 42.2 Å². The Morgan fingerprint density at radius 3 is 2.17 bits per heavy atom. The maximum Gasteiger partial charge on any atom is 0.490 e. The van der Waals surface area contributed by atoms with Gasteiger partial charge in [0, 0.05) is 51.8 Å². The summed E-state index contributed by atoms with van der Waals surface area (Å²) < 4.78 is 66.9. The first-order chi connectivity index (χ1) is 19.7. The van der Waals surface area contributed by atoms with Gasteiger partial charge in [-0.1, -0.05) is 6.07 Å². The summed E-state index contributed by atoms with van der Waals surface area (Å²) in [7, 11) is -4.09. The zero-order chi connectivity index (χ0) is 31.1. The van der Waals surface area contributed by atoms with E-state index < -0.39 is 22.2 Å². The van der Waals surface area contributed by atoms with Crippen molar-refractivity contribution in [3.63, 3.8) is 0 Å². The van der Waals surface area contributed by atoms with Crippen molar-refractivity contribution < 1.29 is 45.8 Å². The number of carboxylic acids is 1. The van der Waals surface area contributed by atoms with Crippen molar-refractivity contribution in [3.8, 4) is 0 Å². The predicted molar refractivity (Wildman–Crippen MR) is 148 cm³/mol. The summed E-state index contributed by atoms with van der Waals surface area (Å²) in [5.41, 5.74) is 2.34. The minimum absolute atomic E-state index is 0.0381. The fourth-order valence-electron chi connectivity index (χ4n) is 4.23. The number of nitrogens with one attached hydrogen (secondary N) is 3. The van der Waals surface area contributed by atoms with E-state index in [0.717, 1.165) is 18.7 Å². The lowest BCUT2D eigenvalue weighted by Crippen LogP contribution is -2.44. The van der Waals surface area contributed by atoms with E-state index in [-0.39, 0.29) is 22.4 Å². The summed E-state index contributed by atoms with van der Waals surface area (Å²) >= 11 is 0. The Kier molecular flexibility index (Phi) is 10.8. The van der Waals surface area contributed by atoms with Gasteiger partial charge in [-0.2, -0.15) is 13.2 Å². The summed E-state index contributed by atoms with van der Waals surface area (Å²) in [5.74, 6) is -3.30. The van der Waals surface area contributed by atoms with Crippen molar-refractivity contribution in [2.75, 3.05) is 67.4 Å². The minimum atomic E-state index is -5.08. The largest absolute Gasteiger partial charge is 0.490 e. The van der Waals surface area contributed by atoms with E-state index in [4.69, 9.17) is 14.6 Å². The van der Waals surface area contributed by atoms with Crippen LogP contribution in [0.15, 0.2) is 41.3 Å². The first-order valence-electron chi connectivity index (χ1n) is 12.9. The van der Waals surface area contributed by atoms with Crippen LogP contribution in [0.1, 0.15) is 22.8 Å². The Hall–Kier alpha value is -3.89. The molecule has 0 atom stereocenters. The zero-order valence-corrected chi connectivity index (χ0v) is 23.8. The number of nitrogens with zero attached hydrogens (tertiary/aromatic N) is 2. The van der Waals surface area contributed by atoms with Crippen LogP contribution in [-0.4, -0.2) is 94.9 Å². The number of amides is 2. The standard InChI is InChI=1S/C24H31N5O5S.C2HF3O2/c1-17-3-5-20(26-18(2)30)23(15-17)35(32,33)27-21-16-19(24(31)29-11-13-34-14-12-29)4-6-22(21)28-9-7-25-8-10-28;3-2(4,5)1(6)7/h3-6,15-16,25,27H,7-14H2,1-2H3,(H,26,30);(H,6,7). The van der Waals surface area contributed by atoms with E-state index in [0.29, 0.717) is 56.3 Å². The van der Waals surface area contributed by atoms with Gasteiger partial charge in [-0.05, 0) is 42.8 Å². The molecule has 16 heteroatoms. The number of ether oxygens (including phenoxy) is 1. The summed E-state index contributed by atoms with van der Waals surface area (Å²) in [6.45, 7) is 7.98. The van der Waals surface area contributed by atoms with Crippen LogP contribution in [-0.2, 0) is 24.3 Å². The lowest BCUT2D eigenvalue weighted by molar-refractivity contribution is -0.192. The minimum Gasteiger partial charge on any atom is -0.475 e. The number of benzene rings is 2. The van der Waals surface area contributed by atoms with Crippen LogP contribution >= 0.6 is 0 Å². The number of sulfonamides is 1. The molecule has 2 fully saturated rings. The van der Waals surface area contributed by atoms with E-state index in [9.17, 15) is 31.2 Å². The number of carboxylic acid groups (broad SMARTS) is 1. The van der Waals surface area contributed by atoms with Gasteiger partial charge in [0.2, 0.25) is 5.91 Å². The number of halogens is 3. The maximum atomic E-state index is 13.6. The van der Waals surface area contributed by atoms with Crippen molar-refractivity contribution in [2.45, 2.75) is 24.9 Å². The molecule has 0 aromatic heterocycles. The lowest BCUT2D eigenvalue weighted by Gasteiger charge is -2.32. The second-order valence-corrected chi connectivity index (χ2v) is 11.1. The van der Waals surface area contributed by atoms with Crippen LogP contribution in [0.25, 0.3) is 0 Å². The zero-order valence-electron chi connectivity index (χ0n) is 23.0. The molecule has 2 aliphatic rings. The lowest BCUT2D eigenvalue weighted by atomic mass is 10.1. The number of aryl methyl sites for hydroxylation is 1. The van der Waals surface area contributed by atoms with Crippen molar-refractivity contribution in [3.05, 3.63) is 47.5 Å². The molecule has 0 unspecified atom stereocenters. The quantitative estimate of drug-likeness (QED) is 0.383. The Morgan fingerprint density at radius 1 is 0.976 bits per heavy atom. The summed E-state index contributed by atoms with van der Waals surface area (Å²) in [4.78, 5) is 37.4. The molecule has 2 saturated heterocycles. The van der Waals surface area contributed by atoms with Crippen molar-refractivity contribution in [1.82, 2.24) is 10.2 Å². The number of piperazine rings is 1. The number of aliphatic carboxylic acids is 1. The van der Waals surface area contributed by atoms with Gasteiger partial charge in [0.25, 0.3) is 15.9 Å². The molecule has 2 aliphatic heterocycles. The fourth-order valence-corrected chi connectivity index (χ4v) is 5.54. The third kappa shape index (κ3) is 8.80. The Labute approximate surface area is 240 Å². The molecule has 230 valence electrons. The third-order valence-corrected chi connectivity index (χ3v) is 7.63. The Bertz CT molecular complexity index is 1410. The van der Waals surface area contributed by atoms with Gasteiger partial charge in [0.1, 0.15) is 4.90 Å². The van der Waals surface area contributed by atoms with Gasteiger partial charge < -0.3 is 30.3 Å². The normalized spacial score (nSPS) is 15.7. The highest BCUT2D eigenvalue weighted by atomic mass is 32.2. The third-order valence-electron chi connectivity index (χ3n) is 6.22. The topological polar surface area (TPSA) is 157 Å². The van der Waals surface area contributed by atoms with Crippen LogP contribution in [0.4, 0.5) is 30.2 Å². The molecule has 2 aromatic rings. The maximum absolute atomic E-state index is 13.6. The molecule has 2 amide bonds. The van der Waals surface area contributed by atoms with Gasteiger partial charge in [0.15, 0.2) is 0 Å². The summed E-state index contributed by atoms with van der Waals surface area (Å²) in [6.07, 6.45) is -5.08. The second kappa shape index (κ2) is 13.8. The summed E-state index contributed by atoms with van der Waals surface area (Å²) in [5, 5.41) is 13.0. The number of morpholine rings is 1. The number of carbonyl (C=O) groups is 3. The molecule has 0 aliphatic carbocycles. The van der Waals surface area contributed by atoms with Gasteiger partial charge in [-0.3, -0.25) is 14.3 Å². The van der Waals surface area contributed by atoms with Crippen molar-refractivity contribution in [2.24, 2.45) is 0 Å². The van der Waals surface area contributed by atoms with Crippen LogP contribution < -0.4 is 20.3 Å². The second-order valence-electron chi connectivity index (χ2n) is 9.46. The molecule has 4 N–H and O–H groups in total. The molecule has 0 spiro atoms. The monoisotopic (exact) mass is 615 g/mol. The number of alkyl halides is 3. The Morgan fingerprint density at radius 2 is 1.60 bits per heavy atom. The highest BCUT2D eigenvalue weighted by Gasteiger charge is 2.38. The highest BCUT2D eigenvalue weighted by Crippen LogP contribution is 2.32. The summed E-state index contributed by atoms with van der Waals surface area (Å²) in [6, 6.07) is 9.95. The number of carbonyl (C=O) groups excluding carboxylic acids is 2. The molecule has 0 saturated carbocycles. The van der Waals surface area contributed by atoms with E-state index in [2.05, 4.69) is 20.3 Å². The average Bonchev–Trinajstić information content (AvgIpc) is 2.94. The van der Waals surface area contributed by atoms with Crippen LogP contribution in [0.3, 0.4) is 0 Å². The van der Waals surface area contributed by atoms with Crippen LogP contribution in [0, 0.1) is 6.92 Å². The molecule has 12 nitrogen and oxygen atoms in total. The van der Waals surface area contributed by atoms with E-state index >= 15 is 0 Å². The molecule has 4 rings (SSSR count). The van der Waals surface area contributed by atoms with Gasteiger partial charge in [-0.15, -0.1) is 0 Å².